The van der Waals surface area contributed by atoms with Crippen LogP contribution in [-0.2, 0) is 11.8 Å². The first-order valence-corrected chi connectivity index (χ1v) is 9.46. The molecule has 0 aliphatic heterocycles. The Hall–Kier alpha value is -2.48. The van der Waals surface area contributed by atoms with E-state index < -0.39 is 5.97 Å². The van der Waals surface area contributed by atoms with Crippen molar-refractivity contribution in [1.82, 2.24) is 25.0 Å². The third kappa shape index (κ3) is 3.80. The van der Waals surface area contributed by atoms with Crippen LogP contribution in [0.25, 0.3) is 11.0 Å². The van der Waals surface area contributed by atoms with Crippen LogP contribution in [0.1, 0.15) is 41.7 Å². The van der Waals surface area contributed by atoms with Crippen molar-refractivity contribution in [3.63, 3.8) is 0 Å². The van der Waals surface area contributed by atoms with E-state index in [0.717, 1.165) is 36.1 Å². The van der Waals surface area contributed by atoms with Crippen LogP contribution in [0.3, 0.4) is 0 Å². The van der Waals surface area contributed by atoms with Crippen molar-refractivity contribution in [1.29, 1.82) is 0 Å². The third-order valence-electron chi connectivity index (χ3n) is 5.62. The molecule has 27 heavy (non-hydrogen) atoms. The number of aryl methyl sites for hydroxylation is 2. The third-order valence-corrected chi connectivity index (χ3v) is 5.62. The molecular weight excluding hydrogens is 346 g/mol. The van der Waals surface area contributed by atoms with Gasteiger partial charge in [0.05, 0.1) is 17.8 Å². The maximum absolute atomic E-state index is 12.6. The SMILES string of the molecule is Cc1nn(C)c2ncc(C(=O)NC3CC(N(CC(=O)O)CC4CC4)C3)cc12. The maximum atomic E-state index is 12.6. The quantitative estimate of drug-likeness (QED) is 0.762. The van der Waals surface area contributed by atoms with E-state index >= 15 is 0 Å². The van der Waals surface area contributed by atoms with E-state index in [9.17, 15) is 9.59 Å². The second kappa shape index (κ2) is 6.92. The fraction of sp³-hybridized carbons (Fsp3) is 0.579. The summed E-state index contributed by atoms with van der Waals surface area (Å²) in [6, 6.07) is 2.16. The van der Waals surface area contributed by atoms with Crippen LogP contribution < -0.4 is 5.32 Å². The van der Waals surface area contributed by atoms with E-state index in [1.807, 2.05) is 20.0 Å². The van der Waals surface area contributed by atoms with Gasteiger partial charge in [0.15, 0.2) is 5.65 Å². The van der Waals surface area contributed by atoms with E-state index in [0.29, 0.717) is 11.5 Å². The smallest absolute Gasteiger partial charge is 0.317 e. The van der Waals surface area contributed by atoms with E-state index in [-0.39, 0.29) is 24.5 Å². The number of rotatable bonds is 7. The van der Waals surface area contributed by atoms with Crippen LogP contribution in [0.4, 0.5) is 0 Å². The zero-order valence-electron chi connectivity index (χ0n) is 15.7. The van der Waals surface area contributed by atoms with Gasteiger partial charge in [-0.1, -0.05) is 0 Å². The molecular formula is C19H25N5O3. The number of aliphatic carboxylic acids is 1. The second-order valence-corrected chi connectivity index (χ2v) is 7.87. The molecule has 2 N–H and O–H groups in total. The number of nitrogens with one attached hydrogen (secondary N) is 1. The Morgan fingerprint density at radius 1 is 1.37 bits per heavy atom. The van der Waals surface area contributed by atoms with Crippen molar-refractivity contribution in [2.24, 2.45) is 13.0 Å². The van der Waals surface area contributed by atoms with Gasteiger partial charge < -0.3 is 10.4 Å². The number of carboxylic acid groups (broad SMARTS) is 1. The van der Waals surface area contributed by atoms with Gasteiger partial charge >= 0.3 is 5.97 Å². The fourth-order valence-electron chi connectivity index (χ4n) is 3.85. The van der Waals surface area contributed by atoms with Gasteiger partial charge in [-0.15, -0.1) is 0 Å². The van der Waals surface area contributed by atoms with Gasteiger partial charge in [-0.2, -0.15) is 5.10 Å². The van der Waals surface area contributed by atoms with Crippen molar-refractivity contribution >= 4 is 22.9 Å². The molecule has 2 fully saturated rings. The fourth-order valence-corrected chi connectivity index (χ4v) is 3.85. The van der Waals surface area contributed by atoms with Crippen LogP contribution in [0, 0.1) is 12.8 Å². The number of carboxylic acids is 1. The number of carbonyl (C=O) groups excluding carboxylic acids is 1. The summed E-state index contributed by atoms with van der Waals surface area (Å²) in [5.41, 5.74) is 2.14. The molecule has 2 aliphatic carbocycles. The molecule has 0 aromatic carbocycles. The Balaban J connectivity index is 1.35. The standard InChI is InChI=1S/C19H25N5O3/c1-11-16-5-13(8-20-18(16)23(2)22-11)19(27)21-14-6-15(7-14)24(10-17(25)26)9-12-3-4-12/h5,8,12,14-15H,3-4,6-7,9-10H2,1-2H3,(H,21,27)(H,25,26). The number of hydrogen-bond acceptors (Lipinski definition) is 5. The largest absolute Gasteiger partial charge is 0.480 e. The first-order chi connectivity index (χ1) is 12.9. The van der Waals surface area contributed by atoms with Crippen molar-refractivity contribution < 1.29 is 14.7 Å². The van der Waals surface area contributed by atoms with E-state index in [1.54, 1.807) is 10.9 Å². The average Bonchev–Trinajstić information content (AvgIpc) is 3.35. The van der Waals surface area contributed by atoms with Gasteiger partial charge in [-0.3, -0.25) is 19.2 Å². The maximum Gasteiger partial charge on any atom is 0.317 e. The molecule has 0 radical (unpaired) electrons. The summed E-state index contributed by atoms with van der Waals surface area (Å²) in [5.74, 6) is -0.268. The van der Waals surface area contributed by atoms with Crippen LogP contribution in [-0.4, -0.2) is 61.8 Å². The molecule has 0 saturated heterocycles. The number of hydrogen-bond donors (Lipinski definition) is 2. The van der Waals surface area contributed by atoms with Crippen molar-refractivity contribution in [3.8, 4) is 0 Å². The Labute approximate surface area is 157 Å². The van der Waals surface area contributed by atoms with Crippen molar-refractivity contribution in [3.05, 3.63) is 23.5 Å². The average molecular weight is 371 g/mol. The Kier molecular flexibility index (Phi) is 4.59. The van der Waals surface area contributed by atoms with Crippen LogP contribution in [0.5, 0.6) is 0 Å². The van der Waals surface area contributed by atoms with Crippen molar-refractivity contribution in [2.75, 3.05) is 13.1 Å². The summed E-state index contributed by atoms with van der Waals surface area (Å²) in [6.07, 6.45) is 5.58. The summed E-state index contributed by atoms with van der Waals surface area (Å²) in [7, 11) is 1.83. The van der Waals surface area contributed by atoms with Gasteiger partial charge in [0.1, 0.15) is 0 Å². The van der Waals surface area contributed by atoms with Crippen LogP contribution in [0.2, 0.25) is 0 Å². The Morgan fingerprint density at radius 2 is 2.11 bits per heavy atom. The monoisotopic (exact) mass is 371 g/mol. The highest BCUT2D eigenvalue weighted by Crippen LogP contribution is 2.33. The van der Waals surface area contributed by atoms with Crippen LogP contribution in [0.15, 0.2) is 12.3 Å². The lowest BCUT2D eigenvalue weighted by atomic mass is 9.85. The van der Waals surface area contributed by atoms with Gasteiger partial charge in [0.2, 0.25) is 0 Å². The molecule has 2 heterocycles. The lowest BCUT2D eigenvalue weighted by Crippen LogP contribution is -2.55. The highest BCUT2D eigenvalue weighted by Gasteiger charge is 2.37. The highest BCUT2D eigenvalue weighted by molar-refractivity contribution is 5.97. The van der Waals surface area contributed by atoms with E-state index in [1.165, 1.54) is 12.8 Å². The summed E-state index contributed by atoms with van der Waals surface area (Å²) in [6.45, 7) is 2.85. The number of amides is 1. The van der Waals surface area contributed by atoms with Gasteiger partial charge in [0, 0.05) is 37.3 Å². The molecule has 2 aliphatic rings. The normalized spacial score (nSPS) is 22.0. The zero-order chi connectivity index (χ0) is 19.1. The molecule has 2 aromatic heterocycles. The minimum atomic E-state index is -0.783. The molecule has 2 aromatic rings. The number of carbonyl (C=O) groups is 2. The summed E-state index contributed by atoms with van der Waals surface area (Å²) in [4.78, 5) is 30.1. The molecule has 0 atom stereocenters. The number of aromatic nitrogens is 3. The second-order valence-electron chi connectivity index (χ2n) is 7.87. The van der Waals surface area contributed by atoms with Gasteiger partial charge in [-0.05, 0) is 44.6 Å². The highest BCUT2D eigenvalue weighted by atomic mass is 16.4. The predicted molar refractivity (Wildman–Crippen MR) is 99.5 cm³/mol. The van der Waals surface area contributed by atoms with Gasteiger partial charge in [-0.25, -0.2) is 4.98 Å². The molecule has 8 nitrogen and oxygen atoms in total. The first kappa shape index (κ1) is 17.9. The van der Waals surface area contributed by atoms with E-state index in [2.05, 4.69) is 20.3 Å². The molecule has 0 unspecified atom stereocenters. The summed E-state index contributed by atoms with van der Waals surface area (Å²) in [5, 5.41) is 17.4. The molecule has 2 saturated carbocycles. The molecule has 144 valence electrons. The molecule has 0 spiro atoms. The lowest BCUT2D eigenvalue weighted by molar-refractivity contribution is -0.139. The predicted octanol–water partition coefficient (Wildman–Crippen LogP) is 1.33. The van der Waals surface area contributed by atoms with E-state index in [4.69, 9.17) is 5.11 Å². The topological polar surface area (TPSA) is 100 Å². The Bertz CT molecular complexity index is 883. The van der Waals surface area contributed by atoms with Crippen molar-refractivity contribution in [2.45, 2.75) is 44.7 Å². The number of pyridine rings is 1. The number of nitrogens with zero attached hydrogens (tertiary/aromatic N) is 4. The summed E-state index contributed by atoms with van der Waals surface area (Å²) >= 11 is 0. The molecule has 4 rings (SSSR count). The first-order valence-electron chi connectivity index (χ1n) is 9.46. The zero-order valence-corrected chi connectivity index (χ0v) is 15.7. The lowest BCUT2D eigenvalue weighted by Gasteiger charge is -2.42. The molecule has 1 amide bonds. The molecule has 8 heteroatoms. The minimum absolute atomic E-state index is 0.0860. The molecule has 0 bridgehead atoms. The van der Waals surface area contributed by atoms with Crippen LogP contribution >= 0.6 is 0 Å². The summed E-state index contributed by atoms with van der Waals surface area (Å²) < 4.78 is 1.71. The number of fused-ring (bicyclic) bond motifs is 1. The minimum Gasteiger partial charge on any atom is -0.480 e. The Morgan fingerprint density at radius 3 is 2.78 bits per heavy atom. The van der Waals surface area contributed by atoms with Gasteiger partial charge in [0.25, 0.3) is 5.91 Å².